The van der Waals surface area contributed by atoms with Crippen molar-refractivity contribution in [3.8, 4) is 0 Å². The van der Waals surface area contributed by atoms with E-state index in [2.05, 4.69) is 20.6 Å². The van der Waals surface area contributed by atoms with E-state index in [1.807, 2.05) is 0 Å². The molecular weight excluding hydrogens is 248 g/mol. The fraction of sp³-hybridized carbons (Fsp3) is 0.0833. The van der Waals surface area contributed by atoms with Gasteiger partial charge >= 0.3 is 12.0 Å². The van der Waals surface area contributed by atoms with E-state index in [1.165, 1.54) is 12.1 Å². The van der Waals surface area contributed by atoms with Crippen molar-refractivity contribution in [2.24, 2.45) is 0 Å². The number of benzene rings is 1. The van der Waals surface area contributed by atoms with Crippen LogP contribution in [-0.2, 0) is 6.54 Å². The van der Waals surface area contributed by atoms with E-state index in [1.54, 1.807) is 24.5 Å². The Labute approximate surface area is 108 Å². The van der Waals surface area contributed by atoms with Crippen molar-refractivity contribution in [1.29, 1.82) is 0 Å². The zero-order valence-electron chi connectivity index (χ0n) is 9.88. The van der Waals surface area contributed by atoms with E-state index in [4.69, 9.17) is 5.11 Å². The molecule has 0 spiro atoms. The number of carbonyl (C=O) groups is 2. The number of H-pyrrole nitrogens is 1. The fourth-order valence-electron chi connectivity index (χ4n) is 1.46. The second kappa shape index (κ2) is 5.67. The van der Waals surface area contributed by atoms with Gasteiger partial charge in [0.2, 0.25) is 0 Å². The molecule has 1 aromatic heterocycles. The first-order valence-electron chi connectivity index (χ1n) is 5.51. The lowest BCUT2D eigenvalue weighted by atomic mass is 10.2. The highest BCUT2D eigenvalue weighted by Crippen LogP contribution is 2.10. The molecule has 0 aliphatic heterocycles. The van der Waals surface area contributed by atoms with Crippen molar-refractivity contribution in [2.75, 3.05) is 5.32 Å². The lowest BCUT2D eigenvalue weighted by molar-refractivity contribution is 0.0697. The molecule has 0 saturated carbocycles. The van der Waals surface area contributed by atoms with Gasteiger partial charge in [-0.05, 0) is 18.2 Å². The number of urea groups is 1. The van der Waals surface area contributed by atoms with E-state index in [0.717, 1.165) is 0 Å². The van der Waals surface area contributed by atoms with Crippen LogP contribution in [0.15, 0.2) is 36.7 Å². The highest BCUT2D eigenvalue weighted by atomic mass is 16.4. The van der Waals surface area contributed by atoms with E-state index in [9.17, 15) is 9.59 Å². The van der Waals surface area contributed by atoms with Crippen LogP contribution in [0.3, 0.4) is 0 Å². The minimum atomic E-state index is -1.04. The van der Waals surface area contributed by atoms with E-state index in [0.29, 0.717) is 11.5 Å². The third-order valence-electron chi connectivity index (χ3n) is 2.34. The number of nitrogens with zero attached hydrogens (tertiary/aromatic N) is 1. The highest BCUT2D eigenvalue weighted by molar-refractivity contribution is 5.93. The van der Waals surface area contributed by atoms with Crippen LogP contribution in [0.25, 0.3) is 0 Å². The number of imidazole rings is 1. The summed E-state index contributed by atoms with van der Waals surface area (Å²) in [5.41, 5.74) is 0.528. The summed E-state index contributed by atoms with van der Waals surface area (Å²) in [5.74, 6) is -0.408. The van der Waals surface area contributed by atoms with E-state index in [-0.39, 0.29) is 12.1 Å². The van der Waals surface area contributed by atoms with Crippen LogP contribution in [0, 0.1) is 0 Å². The SMILES string of the molecule is O=C(NCc1ncc[nH]1)Nc1cccc(C(=O)O)c1. The number of nitrogens with one attached hydrogen (secondary N) is 3. The van der Waals surface area contributed by atoms with Gasteiger partial charge in [-0.15, -0.1) is 0 Å². The number of rotatable bonds is 4. The normalized spacial score (nSPS) is 9.89. The van der Waals surface area contributed by atoms with Crippen LogP contribution in [0.4, 0.5) is 10.5 Å². The second-order valence-electron chi connectivity index (χ2n) is 3.73. The Morgan fingerprint density at radius 2 is 2.21 bits per heavy atom. The standard InChI is InChI=1S/C12H12N4O3/c17-11(18)8-2-1-3-9(6-8)16-12(19)15-7-10-13-4-5-14-10/h1-6H,7H2,(H,13,14)(H,17,18)(H2,15,16,19). The van der Waals surface area contributed by atoms with Crippen molar-refractivity contribution in [3.05, 3.63) is 48.0 Å². The number of carbonyl (C=O) groups excluding carboxylic acids is 1. The molecule has 0 bridgehead atoms. The third-order valence-corrected chi connectivity index (χ3v) is 2.34. The Hall–Kier alpha value is -2.83. The number of anilines is 1. The number of aromatic carboxylic acids is 1. The number of hydrogen-bond acceptors (Lipinski definition) is 3. The summed E-state index contributed by atoms with van der Waals surface area (Å²) in [4.78, 5) is 29.2. The van der Waals surface area contributed by atoms with E-state index < -0.39 is 12.0 Å². The molecule has 0 saturated heterocycles. The summed E-state index contributed by atoms with van der Waals surface area (Å²) < 4.78 is 0. The Bertz CT molecular complexity index is 580. The molecule has 4 N–H and O–H groups in total. The number of aromatic amines is 1. The van der Waals surface area contributed by atoms with Gasteiger partial charge in [0.1, 0.15) is 5.82 Å². The summed E-state index contributed by atoms with van der Waals surface area (Å²) >= 11 is 0. The van der Waals surface area contributed by atoms with Gasteiger partial charge in [0.05, 0.1) is 12.1 Å². The summed E-state index contributed by atoms with van der Waals surface area (Å²) in [6, 6.07) is 5.58. The third kappa shape index (κ3) is 3.56. The van der Waals surface area contributed by atoms with Gasteiger partial charge in [-0.3, -0.25) is 0 Å². The van der Waals surface area contributed by atoms with Gasteiger partial charge < -0.3 is 20.7 Å². The zero-order chi connectivity index (χ0) is 13.7. The van der Waals surface area contributed by atoms with Crippen LogP contribution < -0.4 is 10.6 Å². The number of carboxylic acids is 1. The van der Waals surface area contributed by atoms with Crippen LogP contribution >= 0.6 is 0 Å². The highest BCUT2D eigenvalue weighted by Gasteiger charge is 2.06. The first kappa shape index (κ1) is 12.6. The molecule has 1 heterocycles. The molecule has 19 heavy (non-hydrogen) atoms. The molecule has 1 aromatic carbocycles. The first-order valence-corrected chi connectivity index (χ1v) is 5.51. The largest absolute Gasteiger partial charge is 0.478 e. The molecule has 0 radical (unpaired) electrons. The van der Waals surface area contributed by atoms with Gasteiger partial charge in [-0.25, -0.2) is 14.6 Å². The number of aromatic nitrogens is 2. The van der Waals surface area contributed by atoms with Crippen molar-refractivity contribution < 1.29 is 14.7 Å². The summed E-state index contributed by atoms with van der Waals surface area (Å²) in [5, 5.41) is 14.0. The van der Waals surface area contributed by atoms with Crippen LogP contribution in [0.1, 0.15) is 16.2 Å². The molecular formula is C12H12N4O3. The summed E-state index contributed by atoms with van der Waals surface area (Å²) in [6.07, 6.45) is 3.25. The number of amides is 2. The lowest BCUT2D eigenvalue weighted by Gasteiger charge is -2.07. The average Bonchev–Trinajstić information content (AvgIpc) is 2.90. The van der Waals surface area contributed by atoms with Gasteiger partial charge in [-0.1, -0.05) is 6.07 Å². The second-order valence-corrected chi connectivity index (χ2v) is 3.73. The van der Waals surface area contributed by atoms with Crippen molar-refractivity contribution in [3.63, 3.8) is 0 Å². The molecule has 7 nitrogen and oxygen atoms in total. The Balaban J connectivity index is 1.91. The smallest absolute Gasteiger partial charge is 0.335 e. The van der Waals surface area contributed by atoms with Gasteiger partial charge in [0.15, 0.2) is 0 Å². The first-order chi connectivity index (χ1) is 9.15. The summed E-state index contributed by atoms with van der Waals surface area (Å²) in [7, 11) is 0. The predicted octanol–water partition coefficient (Wildman–Crippen LogP) is 1.43. The molecule has 0 atom stereocenters. The maximum absolute atomic E-state index is 11.6. The summed E-state index contributed by atoms with van der Waals surface area (Å²) in [6.45, 7) is 0.261. The minimum absolute atomic E-state index is 0.115. The van der Waals surface area contributed by atoms with Gasteiger partial charge in [0.25, 0.3) is 0 Å². The number of hydrogen-bond donors (Lipinski definition) is 4. The molecule has 0 unspecified atom stereocenters. The number of carboxylic acid groups (broad SMARTS) is 1. The monoisotopic (exact) mass is 260 g/mol. The lowest BCUT2D eigenvalue weighted by Crippen LogP contribution is -2.28. The molecule has 0 fully saturated rings. The quantitative estimate of drug-likeness (QED) is 0.667. The molecule has 98 valence electrons. The Morgan fingerprint density at radius 1 is 1.37 bits per heavy atom. The van der Waals surface area contributed by atoms with Crippen LogP contribution in [0.5, 0.6) is 0 Å². The Kier molecular flexibility index (Phi) is 3.77. The van der Waals surface area contributed by atoms with Gasteiger partial charge in [0, 0.05) is 18.1 Å². The van der Waals surface area contributed by atoms with Crippen molar-refractivity contribution >= 4 is 17.7 Å². The van der Waals surface area contributed by atoms with E-state index >= 15 is 0 Å². The maximum Gasteiger partial charge on any atom is 0.335 e. The minimum Gasteiger partial charge on any atom is -0.478 e. The fourth-order valence-corrected chi connectivity index (χ4v) is 1.46. The molecule has 2 rings (SSSR count). The molecule has 7 heteroatoms. The predicted molar refractivity (Wildman–Crippen MR) is 67.8 cm³/mol. The molecule has 2 amide bonds. The van der Waals surface area contributed by atoms with Gasteiger partial charge in [-0.2, -0.15) is 0 Å². The molecule has 0 aliphatic carbocycles. The van der Waals surface area contributed by atoms with Crippen LogP contribution in [0.2, 0.25) is 0 Å². The average molecular weight is 260 g/mol. The molecule has 2 aromatic rings. The molecule has 0 aliphatic rings. The topological polar surface area (TPSA) is 107 Å². The van der Waals surface area contributed by atoms with Crippen molar-refractivity contribution in [2.45, 2.75) is 6.54 Å². The zero-order valence-corrected chi connectivity index (χ0v) is 9.88. The van der Waals surface area contributed by atoms with Crippen molar-refractivity contribution in [1.82, 2.24) is 15.3 Å². The Morgan fingerprint density at radius 3 is 2.89 bits per heavy atom. The maximum atomic E-state index is 11.6. The van der Waals surface area contributed by atoms with Crippen LogP contribution in [-0.4, -0.2) is 27.1 Å².